The van der Waals surface area contributed by atoms with E-state index in [2.05, 4.69) is 24.5 Å². The molecule has 1 amide bonds. The van der Waals surface area contributed by atoms with E-state index in [0.29, 0.717) is 23.8 Å². The van der Waals surface area contributed by atoms with Crippen LogP contribution in [0.15, 0.2) is 0 Å². The highest BCUT2D eigenvalue weighted by molar-refractivity contribution is 5.78. The quantitative estimate of drug-likeness (QED) is 0.787. The van der Waals surface area contributed by atoms with Gasteiger partial charge in [-0.05, 0) is 63.8 Å². The summed E-state index contributed by atoms with van der Waals surface area (Å²) >= 11 is 0. The lowest BCUT2D eigenvalue weighted by molar-refractivity contribution is -0.126. The number of carbonyl (C=O) groups is 1. The van der Waals surface area contributed by atoms with E-state index in [-0.39, 0.29) is 0 Å². The summed E-state index contributed by atoms with van der Waals surface area (Å²) in [5.74, 6) is 2.13. The van der Waals surface area contributed by atoms with E-state index in [1.165, 1.54) is 44.9 Å². The molecule has 3 nitrogen and oxygen atoms in total. The molecule has 0 bridgehead atoms. The fourth-order valence-electron chi connectivity index (χ4n) is 3.83. The van der Waals surface area contributed by atoms with Crippen LogP contribution in [0.5, 0.6) is 0 Å². The van der Waals surface area contributed by atoms with Gasteiger partial charge in [0.1, 0.15) is 0 Å². The van der Waals surface area contributed by atoms with Crippen LogP contribution in [0.2, 0.25) is 0 Å². The summed E-state index contributed by atoms with van der Waals surface area (Å²) in [6, 6.07) is 0.648. The van der Waals surface area contributed by atoms with Crippen LogP contribution < -0.4 is 10.6 Å². The summed E-state index contributed by atoms with van der Waals surface area (Å²) < 4.78 is 0. The molecule has 2 N–H and O–H groups in total. The first-order chi connectivity index (χ1) is 10.2. The van der Waals surface area contributed by atoms with Crippen LogP contribution in [0.25, 0.3) is 0 Å². The molecule has 1 aliphatic carbocycles. The van der Waals surface area contributed by atoms with E-state index in [1.54, 1.807) is 0 Å². The Morgan fingerprint density at radius 1 is 1.10 bits per heavy atom. The van der Waals surface area contributed by atoms with Gasteiger partial charge in [0.2, 0.25) is 5.91 Å². The van der Waals surface area contributed by atoms with Gasteiger partial charge < -0.3 is 10.6 Å². The molecule has 0 aromatic carbocycles. The predicted molar refractivity (Wildman–Crippen MR) is 88.2 cm³/mol. The van der Waals surface area contributed by atoms with Crippen LogP contribution in [0.1, 0.15) is 71.6 Å². The van der Waals surface area contributed by atoms with Crippen LogP contribution in [0, 0.1) is 17.8 Å². The average molecular weight is 294 g/mol. The molecule has 0 aromatic heterocycles. The smallest absolute Gasteiger partial charge is 0.223 e. The molecule has 122 valence electrons. The lowest BCUT2D eigenvalue weighted by Crippen LogP contribution is -2.43. The van der Waals surface area contributed by atoms with Crippen molar-refractivity contribution in [1.82, 2.24) is 10.6 Å². The number of nitrogens with one attached hydrogen (secondary N) is 2. The monoisotopic (exact) mass is 294 g/mol. The second-order valence-electron chi connectivity index (χ2n) is 7.36. The average Bonchev–Trinajstić information content (AvgIpc) is 2.52. The number of amides is 1. The van der Waals surface area contributed by atoms with Crippen molar-refractivity contribution in [2.75, 3.05) is 13.1 Å². The summed E-state index contributed by atoms with van der Waals surface area (Å²) in [4.78, 5) is 12.3. The molecule has 0 radical (unpaired) electrons. The second kappa shape index (κ2) is 8.77. The van der Waals surface area contributed by atoms with Gasteiger partial charge in [-0.1, -0.05) is 26.2 Å². The highest BCUT2D eigenvalue weighted by atomic mass is 16.1. The lowest BCUT2D eigenvalue weighted by atomic mass is 9.79. The fraction of sp³-hybridized carbons (Fsp3) is 0.944. The van der Waals surface area contributed by atoms with Gasteiger partial charge >= 0.3 is 0 Å². The first kappa shape index (κ1) is 16.8. The molecule has 21 heavy (non-hydrogen) atoms. The molecular formula is C18H34N2O. The van der Waals surface area contributed by atoms with E-state index in [1.807, 2.05) is 0 Å². The molecule has 1 saturated carbocycles. The van der Waals surface area contributed by atoms with Gasteiger partial charge in [-0.2, -0.15) is 0 Å². The number of carbonyl (C=O) groups excluding carboxylic acids is 1. The normalized spacial score (nSPS) is 33.6. The molecule has 0 spiro atoms. The van der Waals surface area contributed by atoms with Gasteiger partial charge in [0.25, 0.3) is 0 Å². The van der Waals surface area contributed by atoms with Crippen LogP contribution in [0.4, 0.5) is 0 Å². The van der Waals surface area contributed by atoms with Crippen molar-refractivity contribution >= 4 is 5.91 Å². The first-order valence-electron chi connectivity index (χ1n) is 9.20. The van der Waals surface area contributed by atoms with Crippen molar-refractivity contribution in [3.05, 3.63) is 0 Å². The lowest BCUT2D eigenvalue weighted by Gasteiger charge is -2.30. The van der Waals surface area contributed by atoms with Crippen molar-refractivity contribution < 1.29 is 4.79 Å². The number of rotatable bonds is 6. The molecule has 1 aliphatic heterocycles. The van der Waals surface area contributed by atoms with Crippen molar-refractivity contribution in [1.29, 1.82) is 0 Å². The Balaban J connectivity index is 1.61. The Hall–Kier alpha value is -0.570. The van der Waals surface area contributed by atoms with Gasteiger partial charge in [-0.3, -0.25) is 4.79 Å². The summed E-state index contributed by atoms with van der Waals surface area (Å²) in [6.07, 6.45) is 11.3. The van der Waals surface area contributed by atoms with Crippen molar-refractivity contribution in [2.45, 2.75) is 77.7 Å². The third-order valence-corrected chi connectivity index (χ3v) is 5.51. The van der Waals surface area contributed by atoms with Crippen LogP contribution in [0.3, 0.4) is 0 Å². The maximum absolute atomic E-state index is 12.3. The van der Waals surface area contributed by atoms with Gasteiger partial charge in [0, 0.05) is 18.5 Å². The topological polar surface area (TPSA) is 41.1 Å². The Morgan fingerprint density at radius 3 is 2.43 bits per heavy atom. The molecule has 2 rings (SSSR count). The number of hydrogen-bond donors (Lipinski definition) is 2. The molecule has 1 saturated heterocycles. The minimum atomic E-state index is 0.290. The Labute approximate surface area is 130 Å². The van der Waals surface area contributed by atoms with Gasteiger partial charge in [-0.25, -0.2) is 0 Å². The zero-order valence-corrected chi connectivity index (χ0v) is 14.0. The number of unbranched alkanes of at least 4 members (excludes halogenated alkanes) is 1. The first-order valence-corrected chi connectivity index (χ1v) is 9.20. The molecule has 2 fully saturated rings. The standard InChI is InChI=1S/C18H34N2O/c1-3-4-5-15-8-10-17(11-9-15)18(21)20-13-16-7-6-14(2)19-12-16/h14-17,19H,3-13H2,1-2H3,(H,20,21). The molecular weight excluding hydrogens is 260 g/mol. The Bertz CT molecular complexity index is 302. The van der Waals surface area contributed by atoms with Crippen molar-refractivity contribution in [3.8, 4) is 0 Å². The highest BCUT2D eigenvalue weighted by Crippen LogP contribution is 2.32. The van der Waals surface area contributed by atoms with Crippen molar-refractivity contribution in [2.24, 2.45) is 17.8 Å². The van der Waals surface area contributed by atoms with Gasteiger partial charge in [-0.15, -0.1) is 0 Å². The zero-order valence-electron chi connectivity index (χ0n) is 14.0. The maximum Gasteiger partial charge on any atom is 0.223 e. The number of piperidine rings is 1. The fourth-order valence-corrected chi connectivity index (χ4v) is 3.83. The largest absolute Gasteiger partial charge is 0.356 e. The van der Waals surface area contributed by atoms with Gasteiger partial charge in [0.05, 0.1) is 0 Å². The van der Waals surface area contributed by atoms with Crippen molar-refractivity contribution in [3.63, 3.8) is 0 Å². The summed E-state index contributed by atoms with van der Waals surface area (Å²) in [7, 11) is 0. The van der Waals surface area contributed by atoms with E-state index >= 15 is 0 Å². The van der Waals surface area contributed by atoms with Crippen LogP contribution >= 0.6 is 0 Å². The minimum absolute atomic E-state index is 0.290. The Morgan fingerprint density at radius 2 is 1.81 bits per heavy atom. The highest BCUT2D eigenvalue weighted by Gasteiger charge is 2.26. The molecule has 2 unspecified atom stereocenters. The maximum atomic E-state index is 12.3. The molecule has 1 heterocycles. The molecule has 2 aliphatic rings. The minimum Gasteiger partial charge on any atom is -0.356 e. The summed E-state index contributed by atoms with van der Waals surface area (Å²) in [5.41, 5.74) is 0. The van der Waals surface area contributed by atoms with E-state index in [4.69, 9.17) is 0 Å². The SMILES string of the molecule is CCCCC1CCC(C(=O)NCC2CCC(C)NC2)CC1. The van der Waals surface area contributed by atoms with E-state index in [9.17, 15) is 4.79 Å². The Kier molecular flexibility index (Phi) is 7.01. The van der Waals surface area contributed by atoms with Crippen LogP contribution in [-0.4, -0.2) is 25.0 Å². The zero-order chi connectivity index (χ0) is 15.1. The molecule has 0 aromatic rings. The van der Waals surface area contributed by atoms with E-state index in [0.717, 1.165) is 31.8 Å². The van der Waals surface area contributed by atoms with Crippen LogP contribution in [-0.2, 0) is 4.79 Å². The molecule has 3 heteroatoms. The number of hydrogen-bond acceptors (Lipinski definition) is 2. The third-order valence-electron chi connectivity index (χ3n) is 5.51. The van der Waals surface area contributed by atoms with E-state index < -0.39 is 0 Å². The molecule has 2 atom stereocenters. The summed E-state index contributed by atoms with van der Waals surface area (Å²) in [5, 5.41) is 6.73. The second-order valence-corrected chi connectivity index (χ2v) is 7.36. The predicted octanol–water partition coefficient (Wildman–Crippen LogP) is 3.49. The third kappa shape index (κ3) is 5.61. The van der Waals surface area contributed by atoms with Gasteiger partial charge in [0.15, 0.2) is 0 Å². The summed E-state index contributed by atoms with van der Waals surface area (Å²) in [6.45, 7) is 6.44.